The van der Waals surface area contributed by atoms with Crippen LogP contribution in [0.15, 0.2) is 36.4 Å². The van der Waals surface area contributed by atoms with Crippen molar-refractivity contribution in [3.05, 3.63) is 47.0 Å². The van der Waals surface area contributed by atoms with Crippen LogP contribution in [0.2, 0.25) is 5.02 Å². The standard InChI is InChI=1S/C25H30ClNO5/c1-16(8-7-9-21(23(28)30-6)27-24(29)32-25(3,4)5)14-17(2)18-10-13-22(20(26)15-18)31-19-11-12-19/h10,13-15,19,21H,1,9,11-12H2,2-6H3,(H,27,29). The number of carbonyl (C=O) groups is 2. The molecule has 2 rings (SSSR count). The Kier molecular flexibility index (Phi) is 8.80. The molecule has 7 heteroatoms. The van der Waals surface area contributed by atoms with Gasteiger partial charge in [0.05, 0.1) is 18.2 Å². The van der Waals surface area contributed by atoms with Crippen molar-refractivity contribution in [3.8, 4) is 17.6 Å². The summed E-state index contributed by atoms with van der Waals surface area (Å²) < 4.78 is 15.7. The molecule has 32 heavy (non-hydrogen) atoms. The summed E-state index contributed by atoms with van der Waals surface area (Å²) >= 11 is 6.33. The number of alkyl carbamates (subject to hydrolysis) is 1. The van der Waals surface area contributed by atoms with Gasteiger partial charge in [0.2, 0.25) is 0 Å². The first kappa shape index (κ1) is 25.4. The number of hydrogen-bond acceptors (Lipinski definition) is 5. The van der Waals surface area contributed by atoms with E-state index in [4.69, 9.17) is 25.8 Å². The first-order chi connectivity index (χ1) is 15.0. The fourth-order valence-electron chi connectivity index (χ4n) is 2.64. The predicted octanol–water partition coefficient (Wildman–Crippen LogP) is 5.30. The summed E-state index contributed by atoms with van der Waals surface area (Å²) in [6.07, 6.45) is 3.59. The molecule has 0 saturated heterocycles. The number of esters is 1. The van der Waals surface area contributed by atoms with Crippen molar-refractivity contribution in [2.24, 2.45) is 0 Å². The van der Waals surface area contributed by atoms with Crippen LogP contribution in [0, 0.1) is 11.8 Å². The Balaban J connectivity index is 2.00. The highest BCUT2D eigenvalue weighted by molar-refractivity contribution is 6.32. The van der Waals surface area contributed by atoms with Crippen molar-refractivity contribution in [2.45, 2.75) is 64.7 Å². The molecule has 1 amide bonds. The first-order valence-electron chi connectivity index (χ1n) is 10.4. The number of methoxy groups -OCH3 is 1. The zero-order valence-corrected chi connectivity index (χ0v) is 20.0. The van der Waals surface area contributed by atoms with Crippen molar-refractivity contribution >= 4 is 29.2 Å². The fraction of sp³-hybridized carbons (Fsp3) is 0.440. The van der Waals surface area contributed by atoms with Crippen LogP contribution < -0.4 is 10.1 Å². The maximum Gasteiger partial charge on any atom is 0.408 e. The van der Waals surface area contributed by atoms with Gasteiger partial charge < -0.3 is 19.5 Å². The molecule has 1 atom stereocenters. The average molecular weight is 460 g/mol. The highest BCUT2D eigenvalue weighted by Crippen LogP contribution is 2.33. The molecule has 1 aromatic rings. The van der Waals surface area contributed by atoms with E-state index in [9.17, 15) is 9.59 Å². The van der Waals surface area contributed by atoms with E-state index >= 15 is 0 Å². The van der Waals surface area contributed by atoms with E-state index in [1.807, 2.05) is 31.2 Å². The molecule has 0 heterocycles. The van der Waals surface area contributed by atoms with Gasteiger partial charge in [0.25, 0.3) is 0 Å². The minimum absolute atomic E-state index is 0.0524. The number of ether oxygens (including phenoxy) is 3. The average Bonchev–Trinajstić information content (AvgIpc) is 3.50. The topological polar surface area (TPSA) is 73.9 Å². The minimum atomic E-state index is -0.946. The van der Waals surface area contributed by atoms with Gasteiger partial charge in [-0.1, -0.05) is 36.1 Å². The maximum atomic E-state index is 12.0. The Morgan fingerprint density at radius 1 is 1.34 bits per heavy atom. The number of amides is 1. The van der Waals surface area contributed by atoms with Gasteiger partial charge in [-0.05, 0) is 69.9 Å². The van der Waals surface area contributed by atoms with Crippen molar-refractivity contribution in [2.75, 3.05) is 7.11 Å². The first-order valence-corrected chi connectivity index (χ1v) is 10.8. The Bertz CT molecular complexity index is 961. The third-order valence-corrected chi connectivity index (χ3v) is 4.62. The number of rotatable bonds is 7. The highest BCUT2D eigenvalue weighted by Gasteiger charge is 2.25. The lowest BCUT2D eigenvalue weighted by atomic mass is 10.0. The third-order valence-electron chi connectivity index (χ3n) is 4.33. The smallest absolute Gasteiger partial charge is 0.408 e. The molecule has 1 N–H and O–H groups in total. The number of hydrogen-bond donors (Lipinski definition) is 1. The SMILES string of the molecule is C=C(C#CCC(NC(=O)OC(C)(C)C)C(=O)OC)C=C(C)c1ccc(OC2CC2)c(Cl)c1. The molecule has 0 radical (unpaired) electrons. The van der Waals surface area contributed by atoms with Crippen molar-refractivity contribution in [3.63, 3.8) is 0 Å². The lowest BCUT2D eigenvalue weighted by Crippen LogP contribution is -2.43. The quantitative estimate of drug-likeness (QED) is 0.340. The van der Waals surface area contributed by atoms with Crippen LogP contribution in [0.25, 0.3) is 5.57 Å². The summed E-state index contributed by atoms with van der Waals surface area (Å²) in [7, 11) is 1.25. The Morgan fingerprint density at radius 2 is 2.03 bits per heavy atom. The lowest BCUT2D eigenvalue weighted by molar-refractivity contribution is -0.143. The minimum Gasteiger partial charge on any atom is -0.489 e. The monoisotopic (exact) mass is 459 g/mol. The Morgan fingerprint density at radius 3 is 2.59 bits per heavy atom. The molecule has 0 aliphatic heterocycles. The van der Waals surface area contributed by atoms with Gasteiger partial charge in [0, 0.05) is 12.0 Å². The van der Waals surface area contributed by atoms with Crippen molar-refractivity contribution < 1.29 is 23.8 Å². The van der Waals surface area contributed by atoms with E-state index < -0.39 is 23.7 Å². The maximum absolute atomic E-state index is 12.0. The van der Waals surface area contributed by atoms with E-state index in [1.54, 1.807) is 20.8 Å². The van der Waals surface area contributed by atoms with Gasteiger partial charge >= 0.3 is 12.1 Å². The van der Waals surface area contributed by atoms with Crippen LogP contribution in [-0.2, 0) is 14.3 Å². The molecule has 1 unspecified atom stereocenters. The van der Waals surface area contributed by atoms with E-state index in [2.05, 4.69) is 23.7 Å². The van der Waals surface area contributed by atoms with Crippen LogP contribution >= 0.6 is 11.6 Å². The lowest BCUT2D eigenvalue weighted by Gasteiger charge is -2.21. The van der Waals surface area contributed by atoms with Crippen LogP contribution in [0.5, 0.6) is 5.75 Å². The van der Waals surface area contributed by atoms with Crippen molar-refractivity contribution in [1.29, 1.82) is 0 Å². The van der Waals surface area contributed by atoms with E-state index in [-0.39, 0.29) is 12.5 Å². The number of allylic oxidation sites excluding steroid dienone is 3. The second-order valence-corrected chi connectivity index (χ2v) is 8.95. The third kappa shape index (κ3) is 8.68. The number of carbonyl (C=O) groups excluding carboxylic acids is 2. The van der Waals surface area contributed by atoms with Gasteiger partial charge in [-0.3, -0.25) is 0 Å². The van der Waals surface area contributed by atoms with E-state index in [1.165, 1.54) is 7.11 Å². The molecule has 1 fully saturated rings. The summed E-state index contributed by atoms with van der Waals surface area (Å²) in [5, 5.41) is 3.05. The molecule has 6 nitrogen and oxygen atoms in total. The van der Waals surface area contributed by atoms with Gasteiger partial charge in [-0.2, -0.15) is 0 Å². The highest BCUT2D eigenvalue weighted by atomic mass is 35.5. The summed E-state index contributed by atoms with van der Waals surface area (Å²) in [6, 6.07) is 4.71. The molecule has 0 spiro atoms. The summed E-state index contributed by atoms with van der Waals surface area (Å²) in [4.78, 5) is 23.9. The molecule has 1 aliphatic rings. The zero-order valence-electron chi connectivity index (χ0n) is 19.2. The summed E-state index contributed by atoms with van der Waals surface area (Å²) in [6.45, 7) is 11.1. The molecular formula is C25H30ClNO5. The van der Waals surface area contributed by atoms with Crippen LogP contribution in [0.4, 0.5) is 4.79 Å². The second-order valence-electron chi connectivity index (χ2n) is 8.54. The largest absolute Gasteiger partial charge is 0.489 e. The Hall–Kier alpha value is -2.91. The molecule has 172 valence electrons. The van der Waals surface area contributed by atoms with Crippen LogP contribution in [-0.4, -0.2) is 36.9 Å². The van der Waals surface area contributed by atoms with Gasteiger partial charge in [-0.25, -0.2) is 9.59 Å². The van der Waals surface area contributed by atoms with Crippen LogP contribution in [0.3, 0.4) is 0 Å². The number of nitrogens with one attached hydrogen (secondary N) is 1. The van der Waals surface area contributed by atoms with Crippen molar-refractivity contribution in [1.82, 2.24) is 5.32 Å². The molecule has 1 aliphatic carbocycles. The zero-order chi connectivity index (χ0) is 23.9. The predicted molar refractivity (Wildman–Crippen MR) is 125 cm³/mol. The molecule has 0 bridgehead atoms. The van der Waals surface area contributed by atoms with Gasteiger partial charge in [0.1, 0.15) is 17.4 Å². The number of halogens is 1. The molecule has 0 aromatic heterocycles. The second kappa shape index (κ2) is 11.1. The molecule has 1 saturated carbocycles. The molecular weight excluding hydrogens is 430 g/mol. The fourth-order valence-corrected chi connectivity index (χ4v) is 2.86. The summed E-state index contributed by atoms with van der Waals surface area (Å²) in [5.41, 5.74) is 1.73. The molecule has 1 aromatic carbocycles. The van der Waals surface area contributed by atoms with E-state index in [0.29, 0.717) is 16.3 Å². The van der Waals surface area contributed by atoms with Crippen LogP contribution in [0.1, 0.15) is 52.5 Å². The van der Waals surface area contributed by atoms with Gasteiger partial charge in [0.15, 0.2) is 0 Å². The summed E-state index contributed by atoms with van der Waals surface area (Å²) in [5.74, 6) is 5.84. The normalized spacial score (nSPS) is 14.5. The number of benzene rings is 1. The van der Waals surface area contributed by atoms with E-state index in [0.717, 1.165) is 24.0 Å². The van der Waals surface area contributed by atoms with Gasteiger partial charge in [-0.15, -0.1) is 0 Å². The Labute approximate surface area is 194 Å².